The van der Waals surface area contributed by atoms with Crippen LogP contribution in [0.2, 0.25) is 0 Å². The van der Waals surface area contributed by atoms with Gasteiger partial charge in [-0.25, -0.2) is 4.98 Å². The molecule has 0 spiro atoms. The Balaban J connectivity index is 1.33. The lowest BCUT2D eigenvalue weighted by Crippen LogP contribution is -2.10. The van der Waals surface area contributed by atoms with Gasteiger partial charge in [-0.1, -0.05) is 30.0 Å². The van der Waals surface area contributed by atoms with Gasteiger partial charge in [0.15, 0.2) is 10.9 Å². The second-order valence-corrected chi connectivity index (χ2v) is 7.34. The van der Waals surface area contributed by atoms with E-state index >= 15 is 0 Å². The minimum Gasteiger partial charge on any atom is -0.455 e. The van der Waals surface area contributed by atoms with Gasteiger partial charge in [0, 0.05) is 36.5 Å². The SMILES string of the molecule is Cn1ccnc1SCc1ccc(C(=O)Nc2ccc(Nc3ccccc3)cc2)o1. The molecule has 146 valence electrons. The third kappa shape index (κ3) is 4.89. The van der Waals surface area contributed by atoms with Gasteiger partial charge in [0.25, 0.3) is 5.91 Å². The summed E-state index contributed by atoms with van der Waals surface area (Å²) < 4.78 is 7.62. The molecule has 0 saturated heterocycles. The third-order valence-electron chi connectivity index (χ3n) is 4.21. The summed E-state index contributed by atoms with van der Waals surface area (Å²) in [5.41, 5.74) is 2.66. The number of amides is 1. The van der Waals surface area contributed by atoms with Gasteiger partial charge in [-0.2, -0.15) is 0 Å². The van der Waals surface area contributed by atoms with Crippen molar-refractivity contribution >= 4 is 34.7 Å². The van der Waals surface area contributed by atoms with E-state index in [1.807, 2.05) is 78.5 Å². The maximum atomic E-state index is 12.4. The summed E-state index contributed by atoms with van der Waals surface area (Å²) in [5.74, 6) is 1.34. The third-order valence-corrected chi connectivity index (χ3v) is 5.29. The van der Waals surface area contributed by atoms with Gasteiger partial charge in [-0.05, 0) is 48.5 Å². The zero-order valence-electron chi connectivity index (χ0n) is 15.8. The Hall–Kier alpha value is -3.45. The van der Waals surface area contributed by atoms with Crippen LogP contribution in [-0.4, -0.2) is 15.5 Å². The first-order valence-electron chi connectivity index (χ1n) is 9.10. The molecular weight excluding hydrogens is 384 g/mol. The van der Waals surface area contributed by atoms with Crippen LogP contribution in [0.1, 0.15) is 16.3 Å². The number of nitrogens with one attached hydrogen (secondary N) is 2. The largest absolute Gasteiger partial charge is 0.455 e. The number of aryl methyl sites for hydroxylation is 1. The molecule has 0 bridgehead atoms. The highest BCUT2D eigenvalue weighted by Gasteiger charge is 2.12. The molecule has 0 aliphatic carbocycles. The highest BCUT2D eigenvalue weighted by Crippen LogP contribution is 2.23. The number of anilines is 3. The number of carbonyl (C=O) groups is 1. The summed E-state index contributed by atoms with van der Waals surface area (Å²) >= 11 is 1.56. The summed E-state index contributed by atoms with van der Waals surface area (Å²) in [4.78, 5) is 16.7. The average molecular weight is 404 g/mol. The van der Waals surface area contributed by atoms with Crippen molar-refractivity contribution in [2.45, 2.75) is 10.9 Å². The zero-order chi connectivity index (χ0) is 20.1. The van der Waals surface area contributed by atoms with E-state index in [1.54, 1.807) is 24.0 Å². The first-order valence-corrected chi connectivity index (χ1v) is 10.1. The van der Waals surface area contributed by atoms with E-state index in [9.17, 15) is 4.79 Å². The highest BCUT2D eigenvalue weighted by atomic mass is 32.2. The standard InChI is InChI=1S/C22H20N4O2S/c1-26-14-13-23-22(26)29-15-19-11-12-20(28-19)21(27)25-18-9-7-17(8-10-18)24-16-5-3-2-4-6-16/h2-14,24H,15H2,1H3,(H,25,27). The molecule has 2 aromatic heterocycles. The number of rotatable bonds is 7. The number of aromatic nitrogens is 2. The molecule has 0 radical (unpaired) electrons. The molecular formula is C22H20N4O2S. The molecule has 0 atom stereocenters. The molecule has 4 aromatic rings. The Labute approximate surface area is 173 Å². The van der Waals surface area contributed by atoms with Crippen molar-refractivity contribution in [2.24, 2.45) is 7.05 Å². The Bertz CT molecular complexity index is 1090. The van der Waals surface area contributed by atoms with E-state index in [4.69, 9.17) is 4.42 Å². The van der Waals surface area contributed by atoms with Crippen molar-refractivity contribution in [1.29, 1.82) is 0 Å². The molecule has 4 rings (SSSR count). The number of imidazole rings is 1. The van der Waals surface area contributed by atoms with Gasteiger partial charge >= 0.3 is 0 Å². The van der Waals surface area contributed by atoms with Crippen LogP contribution in [0.25, 0.3) is 0 Å². The second kappa shape index (κ2) is 8.70. The Morgan fingerprint density at radius 2 is 1.72 bits per heavy atom. The summed E-state index contributed by atoms with van der Waals surface area (Å²) in [6.45, 7) is 0. The first kappa shape index (κ1) is 18.9. The quantitative estimate of drug-likeness (QED) is 0.409. The second-order valence-electron chi connectivity index (χ2n) is 6.40. The molecule has 29 heavy (non-hydrogen) atoms. The van der Waals surface area contributed by atoms with Crippen molar-refractivity contribution in [3.8, 4) is 0 Å². The number of hydrogen-bond acceptors (Lipinski definition) is 5. The van der Waals surface area contributed by atoms with Crippen molar-refractivity contribution in [2.75, 3.05) is 10.6 Å². The van der Waals surface area contributed by atoms with Crippen LogP contribution in [0.4, 0.5) is 17.1 Å². The summed E-state index contributed by atoms with van der Waals surface area (Å²) in [7, 11) is 1.94. The highest BCUT2D eigenvalue weighted by molar-refractivity contribution is 7.98. The van der Waals surface area contributed by atoms with Crippen LogP contribution in [0.15, 0.2) is 88.7 Å². The van der Waals surface area contributed by atoms with E-state index in [0.29, 0.717) is 11.4 Å². The lowest BCUT2D eigenvalue weighted by molar-refractivity contribution is 0.0995. The van der Waals surface area contributed by atoms with Gasteiger partial charge in [0.1, 0.15) is 5.76 Å². The molecule has 0 unspecified atom stereocenters. The van der Waals surface area contributed by atoms with Gasteiger partial charge in [0.2, 0.25) is 0 Å². The Morgan fingerprint density at radius 1 is 1.00 bits per heavy atom. The molecule has 7 heteroatoms. The smallest absolute Gasteiger partial charge is 0.291 e. The van der Waals surface area contributed by atoms with Gasteiger partial charge in [0.05, 0.1) is 5.75 Å². The first-order chi connectivity index (χ1) is 14.2. The van der Waals surface area contributed by atoms with E-state index in [-0.39, 0.29) is 11.7 Å². The predicted molar refractivity (Wildman–Crippen MR) is 116 cm³/mol. The summed E-state index contributed by atoms with van der Waals surface area (Å²) in [6.07, 6.45) is 3.65. The topological polar surface area (TPSA) is 72.1 Å². The van der Waals surface area contributed by atoms with Crippen LogP contribution in [-0.2, 0) is 12.8 Å². The average Bonchev–Trinajstić information content (AvgIpc) is 3.37. The monoisotopic (exact) mass is 404 g/mol. The van der Waals surface area contributed by atoms with E-state index in [2.05, 4.69) is 15.6 Å². The minimum absolute atomic E-state index is 0.276. The van der Waals surface area contributed by atoms with E-state index in [0.717, 1.165) is 22.3 Å². The number of hydrogen-bond donors (Lipinski definition) is 2. The maximum absolute atomic E-state index is 12.4. The van der Waals surface area contributed by atoms with Crippen LogP contribution >= 0.6 is 11.8 Å². The number of benzene rings is 2. The Morgan fingerprint density at radius 3 is 2.45 bits per heavy atom. The van der Waals surface area contributed by atoms with Crippen LogP contribution in [0.5, 0.6) is 0 Å². The molecule has 1 amide bonds. The number of thioether (sulfide) groups is 1. The minimum atomic E-state index is -0.276. The lowest BCUT2D eigenvalue weighted by Gasteiger charge is -2.08. The van der Waals surface area contributed by atoms with Crippen LogP contribution < -0.4 is 10.6 Å². The predicted octanol–water partition coefficient (Wildman–Crippen LogP) is 5.30. The van der Waals surface area contributed by atoms with Crippen LogP contribution in [0, 0.1) is 0 Å². The van der Waals surface area contributed by atoms with E-state index in [1.165, 1.54) is 0 Å². The maximum Gasteiger partial charge on any atom is 0.291 e. The summed E-state index contributed by atoms with van der Waals surface area (Å²) in [5, 5.41) is 7.07. The zero-order valence-corrected chi connectivity index (χ0v) is 16.6. The van der Waals surface area contributed by atoms with Gasteiger partial charge < -0.3 is 19.6 Å². The molecule has 0 aliphatic rings. The molecule has 0 fully saturated rings. The fraction of sp³-hybridized carbons (Fsp3) is 0.0909. The van der Waals surface area contributed by atoms with Crippen LogP contribution in [0.3, 0.4) is 0 Å². The molecule has 2 N–H and O–H groups in total. The van der Waals surface area contributed by atoms with Crippen molar-refractivity contribution < 1.29 is 9.21 Å². The van der Waals surface area contributed by atoms with Gasteiger partial charge in [-0.3, -0.25) is 4.79 Å². The molecule has 0 saturated carbocycles. The number of nitrogens with zero attached hydrogens (tertiary/aromatic N) is 2. The molecule has 2 heterocycles. The molecule has 2 aromatic carbocycles. The summed E-state index contributed by atoms with van der Waals surface area (Å²) in [6, 6.07) is 21.0. The van der Waals surface area contributed by atoms with Crippen molar-refractivity contribution in [1.82, 2.24) is 9.55 Å². The Kier molecular flexibility index (Phi) is 5.67. The number of carbonyl (C=O) groups excluding carboxylic acids is 1. The number of para-hydroxylation sites is 1. The molecule has 6 nitrogen and oxygen atoms in total. The van der Waals surface area contributed by atoms with Gasteiger partial charge in [-0.15, -0.1) is 0 Å². The van der Waals surface area contributed by atoms with Crippen molar-refractivity contribution in [3.63, 3.8) is 0 Å². The molecule has 0 aliphatic heterocycles. The number of furan rings is 1. The fourth-order valence-electron chi connectivity index (χ4n) is 2.72. The normalized spacial score (nSPS) is 10.7. The van der Waals surface area contributed by atoms with Crippen molar-refractivity contribution in [3.05, 3.63) is 90.6 Å². The fourth-order valence-corrected chi connectivity index (χ4v) is 3.55. The van der Waals surface area contributed by atoms with E-state index < -0.39 is 0 Å². The lowest BCUT2D eigenvalue weighted by atomic mass is 10.2.